The Hall–Kier alpha value is -3.42. The molecule has 0 amide bonds. The fourth-order valence-electron chi connectivity index (χ4n) is 3.30. The van der Waals surface area contributed by atoms with Crippen molar-refractivity contribution in [1.29, 1.82) is 0 Å². The molecule has 0 unspecified atom stereocenters. The smallest absolute Gasteiger partial charge is 0.170 e. The lowest BCUT2D eigenvalue weighted by atomic mass is 10.1. The van der Waals surface area contributed by atoms with Crippen molar-refractivity contribution in [2.24, 2.45) is 0 Å². The van der Waals surface area contributed by atoms with Crippen LogP contribution >= 0.6 is 0 Å². The van der Waals surface area contributed by atoms with Crippen molar-refractivity contribution in [1.82, 2.24) is 10.5 Å². The first-order valence-corrected chi connectivity index (χ1v) is 9.93. The van der Waals surface area contributed by atoms with Gasteiger partial charge in [0.2, 0.25) is 0 Å². The Morgan fingerprint density at radius 2 is 1.90 bits per heavy atom. The van der Waals surface area contributed by atoms with Crippen LogP contribution in [0.2, 0.25) is 0 Å². The third-order valence-corrected chi connectivity index (χ3v) is 4.89. The number of nitrogens with one attached hydrogen (secondary N) is 1. The Morgan fingerprint density at radius 1 is 1.10 bits per heavy atom. The molecule has 160 valence electrons. The molecule has 0 aliphatic rings. The van der Waals surface area contributed by atoms with Gasteiger partial charge in [-0.3, -0.25) is 0 Å². The van der Waals surface area contributed by atoms with E-state index in [-0.39, 0.29) is 12.4 Å². The van der Waals surface area contributed by atoms with Gasteiger partial charge in [0.05, 0.1) is 7.11 Å². The number of hydrogen-bond acceptors (Lipinski definition) is 6. The summed E-state index contributed by atoms with van der Waals surface area (Å²) in [5.41, 5.74) is 2.90. The van der Waals surface area contributed by atoms with E-state index >= 15 is 0 Å². The maximum atomic E-state index is 13.3. The van der Waals surface area contributed by atoms with E-state index in [4.69, 9.17) is 14.0 Å². The van der Waals surface area contributed by atoms with Crippen LogP contribution in [0.5, 0.6) is 11.5 Å². The predicted molar refractivity (Wildman–Crippen MR) is 116 cm³/mol. The minimum atomic E-state index is -0.663. The summed E-state index contributed by atoms with van der Waals surface area (Å²) in [7, 11) is 1.64. The number of benzene rings is 3. The molecule has 3 aromatic carbocycles. The Kier molecular flexibility index (Phi) is 6.45. The summed E-state index contributed by atoms with van der Waals surface area (Å²) < 4.78 is 29.5. The maximum Gasteiger partial charge on any atom is 0.170 e. The topological polar surface area (TPSA) is 76.8 Å². The van der Waals surface area contributed by atoms with Gasteiger partial charge in [-0.05, 0) is 42.5 Å². The zero-order chi connectivity index (χ0) is 21.6. The van der Waals surface area contributed by atoms with Crippen molar-refractivity contribution in [2.75, 3.05) is 20.3 Å². The molecule has 0 saturated heterocycles. The number of methoxy groups -OCH3 is 1. The molecule has 7 heteroatoms. The molecule has 1 aromatic heterocycles. The Balaban J connectivity index is 1.29. The number of aliphatic hydroxyl groups excluding tert-OH is 1. The van der Waals surface area contributed by atoms with Gasteiger partial charge in [0.25, 0.3) is 0 Å². The number of halogens is 1. The number of hydrogen-bond donors (Lipinski definition) is 2. The van der Waals surface area contributed by atoms with Crippen molar-refractivity contribution in [3.8, 4) is 22.8 Å². The van der Waals surface area contributed by atoms with E-state index in [1.807, 2.05) is 36.4 Å². The van der Waals surface area contributed by atoms with Crippen LogP contribution in [0.25, 0.3) is 22.2 Å². The molecule has 0 aliphatic heterocycles. The van der Waals surface area contributed by atoms with Gasteiger partial charge in [-0.1, -0.05) is 23.4 Å². The van der Waals surface area contributed by atoms with Crippen LogP contribution in [0.3, 0.4) is 0 Å². The molecule has 1 atom stereocenters. The van der Waals surface area contributed by atoms with Crippen LogP contribution < -0.4 is 14.8 Å². The molecular formula is C24H23FN2O4. The second kappa shape index (κ2) is 9.59. The molecule has 0 saturated carbocycles. The SMILES string of the molecule is COc1ccccc1CNC[C@@H](O)COc1ccc(-c2noc3cc(F)ccc23)cc1. The molecule has 0 aliphatic carbocycles. The molecule has 31 heavy (non-hydrogen) atoms. The van der Waals surface area contributed by atoms with E-state index in [1.165, 1.54) is 12.1 Å². The summed E-state index contributed by atoms with van der Waals surface area (Å²) in [5, 5.41) is 18.2. The number of rotatable bonds is 9. The number of ether oxygens (including phenoxy) is 2. The summed E-state index contributed by atoms with van der Waals surface area (Å²) in [6.45, 7) is 1.13. The number of aromatic nitrogens is 1. The van der Waals surface area contributed by atoms with Gasteiger partial charge in [0.1, 0.15) is 35.7 Å². The van der Waals surface area contributed by atoms with E-state index in [0.29, 0.717) is 30.1 Å². The molecule has 0 radical (unpaired) electrons. The Labute approximate surface area is 179 Å². The predicted octanol–water partition coefficient (Wildman–Crippen LogP) is 4.17. The molecule has 4 rings (SSSR count). The number of fused-ring (bicyclic) bond motifs is 1. The second-order valence-electron chi connectivity index (χ2n) is 7.10. The first kappa shape index (κ1) is 20.8. The first-order valence-electron chi connectivity index (χ1n) is 9.93. The lowest BCUT2D eigenvalue weighted by molar-refractivity contribution is 0.106. The summed E-state index contributed by atoms with van der Waals surface area (Å²) in [6.07, 6.45) is -0.663. The zero-order valence-electron chi connectivity index (χ0n) is 17.0. The van der Waals surface area contributed by atoms with Crippen molar-refractivity contribution < 1.29 is 23.5 Å². The summed E-state index contributed by atoms with van der Waals surface area (Å²) in [4.78, 5) is 0. The van der Waals surface area contributed by atoms with Crippen LogP contribution in [-0.4, -0.2) is 36.6 Å². The van der Waals surface area contributed by atoms with Crippen molar-refractivity contribution >= 4 is 11.0 Å². The molecule has 0 spiro atoms. The molecule has 2 N–H and O–H groups in total. The summed E-state index contributed by atoms with van der Waals surface area (Å²) >= 11 is 0. The van der Waals surface area contributed by atoms with Crippen molar-refractivity contribution in [3.05, 3.63) is 78.1 Å². The highest BCUT2D eigenvalue weighted by Gasteiger charge is 2.12. The van der Waals surface area contributed by atoms with Gasteiger partial charge in [-0.2, -0.15) is 0 Å². The minimum Gasteiger partial charge on any atom is -0.496 e. The molecule has 0 fully saturated rings. The molecular weight excluding hydrogens is 399 g/mol. The standard InChI is InChI=1S/C24H23FN2O4/c1-29-22-5-3-2-4-17(22)13-26-14-19(28)15-30-20-9-6-16(7-10-20)24-21-11-8-18(25)12-23(21)31-27-24/h2-12,19,26,28H,13-15H2,1H3/t19-/m1/s1. The Morgan fingerprint density at radius 3 is 2.71 bits per heavy atom. The minimum absolute atomic E-state index is 0.157. The van der Waals surface area contributed by atoms with E-state index < -0.39 is 6.10 Å². The van der Waals surface area contributed by atoms with E-state index in [9.17, 15) is 9.50 Å². The lowest BCUT2D eigenvalue weighted by Crippen LogP contribution is -2.31. The third-order valence-electron chi connectivity index (χ3n) is 4.89. The number of nitrogens with zero attached hydrogens (tertiary/aromatic N) is 1. The van der Waals surface area contributed by atoms with Gasteiger partial charge in [-0.15, -0.1) is 0 Å². The van der Waals surface area contributed by atoms with Crippen molar-refractivity contribution in [3.63, 3.8) is 0 Å². The molecule has 1 heterocycles. The monoisotopic (exact) mass is 422 g/mol. The van der Waals surface area contributed by atoms with Crippen LogP contribution in [0.1, 0.15) is 5.56 Å². The first-order chi connectivity index (χ1) is 15.1. The molecule has 6 nitrogen and oxygen atoms in total. The van der Waals surface area contributed by atoms with Crippen molar-refractivity contribution in [2.45, 2.75) is 12.6 Å². The lowest BCUT2D eigenvalue weighted by Gasteiger charge is -2.14. The van der Waals surface area contributed by atoms with Crippen LogP contribution in [0, 0.1) is 5.82 Å². The largest absolute Gasteiger partial charge is 0.496 e. The van der Waals surface area contributed by atoms with E-state index in [0.717, 1.165) is 22.3 Å². The van der Waals surface area contributed by atoms with Gasteiger partial charge >= 0.3 is 0 Å². The fourth-order valence-corrected chi connectivity index (χ4v) is 3.30. The van der Waals surface area contributed by atoms with Crippen LogP contribution in [0.15, 0.2) is 71.3 Å². The normalized spacial score (nSPS) is 12.1. The molecule has 0 bridgehead atoms. The van der Waals surface area contributed by atoms with Gasteiger partial charge in [0, 0.05) is 35.7 Å². The quantitative estimate of drug-likeness (QED) is 0.422. The number of aliphatic hydroxyl groups is 1. The molecule has 4 aromatic rings. The van der Waals surface area contributed by atoms with Crippen LogP contribution in [-0.2, 0) is 6.54 Å². The fraction of sp³-hybridized carbons (Fsp3) is 0.208. The maximum absolute atomic E-state index is 13.3. The second-order valence-corrected chi connectivity index (χ2v) is 7.10. The highest BCUT2D eigenvalue weighted by Crippen LogP contribution is 2.29. The van der Waals surface area contributed by atoms with Crippen LogP contribution in [0.4, 0.5) is 4.39 Å². The average Bonchev–Trinajstić information content (AvgIpc) is 3.21. The average molecular weight is 422 g/mol. The van der Waals surface area contributed by atoms with Gasteiger partial charge in [-0.25, -0.2) is 4.39 Å². The zero-order valence-corrected chi connectivity index (χ0v) is 17.0. The summed E-state index contributed by atoms with van der Waals surface area (Å²) in [6, 6.07) is 19.4. The van der Waals surface area contributed by atoms with Gasteiger partial charge in [0.15, 0.2) is 5.58 Å². The summed E-state index contributed by atoms with van der Waals surface area (Å²) in [5.74, 6) is 1.08. The van der Waals surface area contributed by atoms with E-state index in [2.05, 4.69) is 10.5 Å². The van der Waals surface area contributed by atoms with E-state index in [1.54, 1.807) is 25.3 Å². The highest BCUT2D eigenvalue weighted by atomic mass is 19.1. The highest BCUT2D eigenvalue weighted by molar-refractivity contribution is 5.91. The van der Waals surface area contributed by atoms with Gasteiger partial charge < -0.3 is 24.4 Å². The third kappa shape index (κ3) is 5.02. The Bertz CT molecular complexity index is 1140. The number of para-hydroxylation sites is 1.